The molecular weight excluding hydrogens is 396 g/mol. The molecule has 1 aromatic carbocycles. The highest BCUT2D eigenvalue weighted by Gasteiger charge is 2.28. The van der Waals surface area contributed by atoms with Gasteiger partial charge in [0.05, 0.1) is 12.7 Å². The van der Waals surface area contributed by atoms with Crippen molar-refractivity contribution in [1.82, 2.24) is 15.1 Å². The molecule has 3 rings (SSSR count). The number of hydrogen-bond donors (Lipinski definition) is 1. The molecule has 1 aromatic rings. The quantitative estimate of drug-likeness (QED) is 0.544. The maximum atomic E-state index is 13.3. The van der Waals surface area contributed by atoms with E-state index in [1.807, 2.05) is 29.2 Å². The van der Waals surface area contributed by atoms with Gasteiger partial charge in [-0.3, -0.25) is 19.3 Å². The number of rotatable bonds is 6. The molecule has 2 amide bonds. The van der Waals surface area contributed by atoms with Gasteiger partial charge in [0, 0.05) is 57.0 Å². The van der Waals surface area contributed by atoms with Gasteiger partial charge < -0.3 is 19.9 Å². The third-order valence-electron chi connectivity index (χ3n) is 6.20. The number of para-hydroxylation sites is 1. The van der Waals surface area contributed by atoms with E-state index in [0.717, 1.165) is 63.4 Å². The van der Waals surface area contributed by atoms with Gasteiger partial charge in [-0.1, -0.05) is 12.1 Å². The number of carbonyl (C=O) groups excluding carboxylic acids is 3. The first kappa shape index (κ1) is 23.1. The number of carbonyl (C=O) groups is 3. The van der Waals surface area contributed by atoms with Crippen molar-refractivity contribution in [3.05, 3.63) is 29.8 Å². The minimum atomic E-state index is -0.531. The Hall–Kier alpha value is -2.61. The minimum absolute atomic E-state index is 0.0281. The van der Waals surface area contributed by atoms with E-state index in [4.69, 9.17) is 0 Å². The molecule has 31 heavy (non-hydrogen) atoms. The first-order valence-electron chi connectivity index (χ1n) is 11.1. The zero-order valence-electron chi connectivity index (χ0n) is 18.8. The summed E-state index contributed by atoms with van der Waals surface area (Å²) in [5.41, 5.74) is 1.70. The highest BCUT2D eigenvalue weighted by atomic mass is 16.5. The van der Waals surface area contributed by atoms with Gasteiger partial charge in [0.15, 0.2) is 0 Å². The van der Waals surface area contributed by atoms with Crippen LogP contribution in [0, 0.1) is 0 Å². The fourth-order valence-corrected chi connectivity index (χ4v) is 4.29. The molecule has 1 N–H and O–H groups in total. The molecular formula is C23H34N4O4. The van der Waals surface area contributed by atoms with Crippen molar-refractivity contribution in [2.45, 2.75) is 45.2 Å². The molecule has 8 heteroatoms. The Balaban J connectivity index is 1.58. The second-order valence-electron chi connectivity index (χ2n) is 8.52. The van der Waals surface area contributed by atoms with E-state index in [1.165, 1.54) is 7.11 Å². The summed E-state index contributed by atoms with van der Waals surface area (Å²) in [7, 11) is 1.27. The van der Waals surface area contributed by atoms with Crippen molar-refractivity contribution in [2.24, 2.45) is 0 Å². The summed E-state index contributed by atoms with van der Waals surface area (Å²) in [6, 6.07) is 8.33. The summed E-state index contributed by atoms with van der Waals surface area (Å²) in [5, 5.41) is 2.91. The van der Waals surface area contributed by atoms with Crippen molar-refractivity contribution in [2.75, 3.05) is 51.3 Å². The van der Waals surface area contributed by atoms with Crippen LogP contribution in [0.25, 0.3) is 0 Å². The fourth-order valence-electron chi connectivity index (χ4n) is 4.29. The number of piperidine rings is 1. The van der Waals surface area contributed by atoms with Gasteiger partial charge in [-0.25, -0.2) is 0 Å². The van der Waals surface area contributed by atoms with Gasteiger partial charge in [0.25, 0.3) is 5.91 Å². The summed E-state index contributed by atoms with van der Waals surface area (Å²) in [5.74, 6) is -0.745. The molecule has 2 fully saturated rings. The highest BCUT2D eigenvalue weighted by Crippen LogP contribution is 2.26. The average molecular weight is 431 g/mol. The maximum absolute atomic E-state index is 13.3. The Morgan fingerprint density at radius 3 is 2.29 bits per heavy atom. The van der Waals surface area contributed by atoms with Crippen LogP contribution >= 0.6 is 0 Å². The van der Waals surface area contributed by atoms with Crippen LogP contribution < -0.4 is 10.2 Å². The van der Waals surface area contributed by atoms with E-state index in [-0.39, 0.29) is 24.3 Å². The molecule has 170 valence electrons. The lowest BCUT2D eigenvalue weighted by Gasteiger charge is -2.38. The average Bonchev–Trinajstić information content (AvgIpc) is 2.79. The molecule has 8 nitrogen and oxygen atoms in total. The predicted molar refractivity (Wildman–Crippen MR) is 119 cm³/mol. The molecule has 0 spiro atoms. The monoisotopic (exact) mass is 430 g/mol. The molecule has 0 unspecified atom stereocenters. The summed E-state index contributed by atoms with van der Waals surface area (Å²) >= 11 is 0. The number of nitrogens with one attached hydrogen (secondary N) is 1. The minimum Gasteiger partial charge on any atom is -0.469 e. The first-order chi connectivity index (χ1) is 14.9. The number of amides is 2. The number of nitrogens with zero attached hydrogens (tertiary/aromatic N) is 3. The second-order valence-corrected chi connectivity index (χ2v) is 8.52. The smallest absolute Gasteiger partial charge is 0.315 e. The van der Waals surface area contributed by atoms with Crippen LogP contribution in [-0.4, -0.2) is 86.0 Å². The van der Waals surface area contributed by atoms with Gasteiger partial charge in [-0.15, -0.1) is 0 Å². The lowest BCUT2D eigenvalue weighted by Crippen LogP contribution is -2.51. The Morgan fingerprint density at radius 1 is 1.03 bits per heavy atom. The number of benzene rings is 1. The third-order valence-corrected chi connectivity index (χ3v) is 6.20. The molecule has 0 aromatic heterocycles. The zero-order chi connectivity index (χ0) is 22.4. The molecule has 2 saturated heterocycles. The Labute approximate surface area is 184 Å². The number of ether oxygens (including phenoxy) is 1. The summed E-state index contributed by atoms with van der Waals surface area (Å²) in [6.45, 7) is 9.18. The molecule has 0 radical (unpaired) electrons. The van der Waals surface area contributed by atoms with Crippen molar-refractivity contribution in [1.29, 1.82) is 0 Å². The highest BCUT2D eigenvalue weighted by molar-refractivity contribution is 6.00. The van der Waals surface area contributed by atoms with Gasteiger partial charge in [-0.2, -0.15) is 0 Å². The number of hydrogen-bond acceptors (Lipinski definition) is 6. The van der Waals surface area contributed by atoms with E-state index in [0.29, 0.717) is 6.04 Å². The summed E-state index contributed by atoms with van der Waals surface area (Å²) in [6.07, 6.45) is 1.28. The number of methoxy groups -OCH3 is 1. The molecule has 2 aliphatic rings. The van der Waals surface area contributed by atoms with Crippen molar-refractivity contribution >= 4 is 23.5 Å². The third kappa shape index (κ3) is 5.97. The van der Waals surface area contributed by atoms with E-state index >= 15 is 0 Å². The van der Waals surface area contributed by atoms with Crippen molar-refractivity contribution in [3.8, 4) is 0 Å². The Kier molecular flexibility index (Phi) is 7.90. The SMILES string of the molecule is COC(=O)CC(=O)NC1CCN(c2ccccc2C(=O)N2CCN(C(C)C)CC2)CC1. The van der Waals surface area contributed by atoms with Crippen molar-refractivity contribution in [3.63, 3.8) is 0 Å². The predicted octanol–water partition coefficient (Wildman–Crippen LogP) is 1.50. The van der Waals surface area contributed by atoms with E-state index in [2.05, 4.69) is 33.7 Å². The van der Waals surface area contributed by atoms with Crippen LogP contribution in [0.1, 0.15) is 43.5 Å². The number of piperazine rings is 1. The second kappa shape index (κ2) is 10.6. The van der Waals surface area contributed by atoms with E-state index in [9.17, 15) is 14.4 Å². The number of anilines is 1. The summed E-state index contributed by atoms with van der Waals surface area (Å²) in [4.78, 5) is 43.0. The van der Waals surface area contributed by atoms with E-state index in [1.54, 1.807) is 0 Å². The normalized spacial score (nSPS) is 18.2. The van der Waals surface area contributed by atoms with Crippen molar-refractivity contribution < 1.29 is 19.1 Å². The van der Waals surface area contributed by atoms with Gasteiger partial charge >= 0.3 is 5.97 Å². The Morgan fingerprint density at radius 2 is 1.68 bits per heavy atom. The lowest BCUT2D eigenvalue weighted by atomic mass is 10.0. The van der Waals surface area contributed by atoms with Crippen LogP contribution in [0.3, 0.4) is 0 Å². The maximum Gasteiger partial charge on any atom is 0.315 e. The first-order valence-corrected chi connectivity index (χ1v) is 11.1. The van der Waals surface area contributed by atoms with Gasteiger partial charge in [0.2, 0.25) is 5.91 Å². The molecule has 0 bridgehead atoms. The largest absolute Gasteiger partial charge is 0.469 e. The number of esters is 1. The molecule has 2 heterocycles. The van der Waals surface area contributed by atoms with Gasteiger partial charge in [-0.05, 0) is 38.8 Å². The molecule has 0 atom stereocenters. The Bertz CT molecular complexity index is 782. The van der Waals surface area contributed by atoms with Crippen LogP contribution in [-0.2, 0) is 14.3 Å². The fraction of sp³-hybridized carbons (Fsp3) is 0.609. The zero-order valence-corrected chi connectivity index (χ0v) is 18.8. The molecule has 0 saturated carbocycles. The lowest BCUT2D eigenvalue weighted by molar-refractivity contribution is -0.144. The van der Waals surface area contributed by atoms with E-state index < -0.39 is 5.97 Å². The standard InChI is InChI=1S/C23H34N4O4/c1-17(2)25-12-14-27(15-13-25)23(30)19-6-4-5-7-20(19)26-10-8-18(9-11-26)24-21(28)16-22(29)31-3/h4-7,17-18H,8-16H2,1-3H3,(H,24,28). The van der Waals surface area contributed by atoms with Crippen LogP contribution in [0.2, 0.25) is 0 Å². The van der Waals surface area contributed by atoms with Crippen LogP contribution in [0.4, 0.5) is 5.69 Å². The van der Waals surface area contributed by atoms with Crippen LogP contribution in [0.5, 0.6) is 0 Å². The molecule has 2 aliphatic heterocycles. The van der Waals surface area contributed by atoms with Gasteiger partial charge in [0.1, 0.15) is 6.42 Å². The molecule has 0 aliphatic carbocycles. The summed E-state index contributed by atoms with van der Waals surface area (Å²) < 4.78 is 4.54. The van der Waals surface area contributed by atoms with Crippen LogP contribution in [0.15, 0.2) is 24.3 Å². The topological polar surface area (TPSA) is 82.2 Å².